The number of rotatable bonds is 6. The third-order valence-electron chi connectivity index (χ3n) is 3.92. The van der Waals surface area contributed by atoms with Gasteiger partial charge in [-0.05, 0) is 44.0 Å². The van der Waals surface area contributed by atoms with Crippen molar-refractivity contribution < 1.29 is 19.2 Å². The first-order valence-electron chi connectivity index (χ1n) is 8.17. The van der Waals surface area contributed by atoms with Gasteiger partial charge in [-0.1, -0.05) is 25.1 Å². The Morgan fingerprint density at radius 2 is 1.85 bits per heavy atom. The quantitative estimate of drug-likeness (QED) is 0.484. The molecule has 7 heteroatoms. The Balaban J connectivity index is 2.02. The van der Waals surface area contributed by atoms with Crippen molar-refractivity contribution in [3.05, 3.63) is 69.3 Å². The molecule has 0 aliphatic carbocycles. The van der Waals surface area contributed by atoms with Gasteiger partial charge >= 0.3 is 5.97 Å². The van der Waals surface area contributed by atoms with E-state index in [1.807, 2.05) is 19.1 Å². The fourth-order valence-electron chi connectivity index (χ4n) is 2.28. The third-order valence-corrected chi connectivity index (χ3v) is 3.92. The van der Waals surface area contributed by atoms with Gasteiger partial charge in [0.2, 0.25) is 0 Å². The molecule has 0 heterocycles. The molecule has 2 rings (SSSR count). The number of aryl methyl sites for hydroxylation is 2. The number of nitro benzene ring substituents is 1. The van der Waals surface area contributed by atoms with Crippen LogP contribution >= 0.6 is 0 Å². The summed E-state index contributed by atoms with van der Waals surface area (Å²) in [5.74, 6) is -1.28. The van der Waals surface area contributed by atoms with E-state index in [1.54, 1.807) is 19.1 Å². The number of ether oxygens (including phenoxy) is 1. The highest BCUT2D eigenvalue weighted by Gasteiger charge is 2.21. The highest BCUT2D eigenvalue weighted by molar-refractivity contribution is 5.97. The van der Waals surface area contributed by atoms with Crippen molar-refractivity contribution in [2.45, 2.75) is 33.3 Å². The molecule has 0 spiro atoms. The molecular weight excluding hydrogens is 336 g/mol. The van der Waals surface area contributed by atoms with Crippen molar-refractivity contribution in [3.8, 4) is 0 Å². The number of benzene rings is 2. The lowest BCUT2D eigenvalue weighted by atomic mass is 10.1. The van der Waals surface area contributed by atoms with Gasteiger partial charge in [0.15, 0.2) is 6.10 Å². The van der Waals surface area contributed by atoms with Gasteiger partial charge in [-0.15, -0.1) is 0 Å². The maximum absolute atomic E-state index is 12.2. The zero-order valence-corrected chi connectivity index (χ0v) is 14.8. The van der Waals surface area contributed by atoms with Gasteiger partial charge in [0.25, 0.3) is 11.6 Å². The second kappa shape index (κ2) is 8.24. The molecule has 7 nitrogen and oxygen atoms in total. The normalized spacial score (nSPS) is 11.5. The molecule has 0 saturated heterocycles. The van der Waals surface area contributed by atoms with Gasteiger partial charge in [-0.2, -0.15) is 0 Å². The maximum atomic E-state index is 12.2. The Bertz CT molecular complexity index is 830. The van der Waals surface area contributed by atoms with Crippen LogP contribution in [0.15, 0.2) is 42.5 Å². The summed E-state index contributed by atoms with van der Waals surface area (Å²) in [6.07, 6.45) is -0.154. The number of esters is 1. The number of nitro groups is 1. The zero-order chi connectivity index (χ0) is 19.3. The van der Waals surface area contributed by atoms with E-state index in [4.69, 9.17) is 4.74 Å². The minimum atomic E-state index is -1.05. The summed E-state index contributed by atoms with van der Waals surface area (Å²) >= 11 is 0. The summed E-state index contributed by atoms with van der Waals surface area (Å²) in [7, 11) is 0. The van der Waals surface area contributed by atoms with Crippen molar-refractivity contribution in [2.24, 2.45) is 0 Å². The number of hydrogen-bond acceptors (Lipinski definition) is 5. The molecule has 0 saturated carbocycles. The van der Waals surface area contributed by atoms with Crippen LogP contribution in [-0.4, -0.2) is 22.9 Å². The molecule has 2 aromatic rings. The Morgan fingerprint density at radius 1 is 1.19 bits per heavy atom. The smallest absolute Gasteiger partial charge is 0.339 e. The monoisotopic (exact) mass is 356 g/mol. The van der Waals surface area contributed by atoms with Crippen LogP contribution in [0.2, 0.25) is 0 Å². The van der Waals surface area contributed by atoms with Crippen molar-refractivity contribution in [1.29, 1.82) is 0 Å². The summed E-state index contributed by atoms with van der Waals surface area (Å²) in [6.45, 7) is 5.05. The highest BCUT2D eigenvalue weighted by atomic mass is 16.6. The molecule has 2 aromatic carbocycles. The van der Waals surface area contributed by atoms with Gasteiger partial charge in [0.05, 0.1) is 10.5 Å². The molecule has 0 bridgehead atoms. The molecule has 1 atom stereocenters. The molecule has 1 N–H and O–H groups in total. The molecular formula is C19H20N2O5. The van der Waals surface area contributed by atoms with E-state index in [0.29, 0.717) is 11.3 Å². The van der Waals surface area contributed by atoms with Crippen LogP contribution in [0.5, 0.6) is 0 Å². The first-order chi connectivity index (χ1) is 12.3. The Hall–Kier alpha value is -3.22. The fraction of sp³-hybridized carbons (Fsp3) is 0.263. The summed E-state index contributed by atoms with van der Waals surface area (Å²) in [4.78, 5) is 34.7. The Kier molecular flexibility index (Phi) is 6.06. The lowest BCUT2D eigenvalue weighted by Crippen LogP contribution is -2.30. The first kappa shape index (κ1) is 19.1. The third kappa shape index (κ3) is 4.66. The number of anilines is 1. The molecule has 0 radical (unpaired) electrons. The van der Waals surface area contributed by atoms with Crippen molar-refractivity contribution in [2.75, 3.05) is 5.32 Å². The molecule has 0 aromatic heterocycles. The lowest BCUT2D eigenvalue weighted by Gasteiger charge is -2.14. The largest absolute Gasteiger partial charge is 0.449 e. The summed E-state index contributed by atoms with van der Waals surface area (Å²) < 4.78 is 5.12. The molecule has 26 heavy (non-hydrogen) atoms. The van der Waals surface area contributed by atoms with Gasteiger partial charge in [0.1, 0.15) is 0 Å². The Labute approximate surface area is 151 Å². The zero-order valence-electron chi connectivity index (χ0n) is 14.8. The molecule has 1 amide bonds. The van der Waals surface area contributed by atoms with E-state index in [-0.39, 0.29) is 11.3 Å². The summed E-state index contributed by atoms with van der Waals surface area (Å²) in [5.41, 5.74) is 2.03. The van der Waals surface area contributed by atoms with E-state index < -0.39 is 22.9 Å². The number of amides is 1. The van der Waals surface area contributed by atoms with Crippen molar-refractivity contribution in [1.82, 2.24) is 0 Å². The van der Waals surface area contributed by atoms with Gasteiger partial charge in [0, 0.05) is 17.3 Å². The molecule has 0 aliphatic rings. The number of carbonyl (C=O) groups excluding carboxylic acids is 2. The van der Waals surface area contributed by atoms with E-state index in [0.717, 1.165) is 18.1 Å². The topological polar surface area (TPSA) is 98.5 Å². The number of carbonyl (C=O) groups is 2. The number of hydrogen-bond donors (Lipinski definition) is 1. The van der Waals surface area contributed by atoms with Crippen molar-refractivity contribution >= 4 is 23.3 Å². The Morgan fingerprint density at radius 3 is 2.42 bits per heavy atom. The standard InChI is InChI=1S/C19H20N2O5/c1-4-14-6-9-16(10-7-14)20-18(22)13(3)26-19(23)15-8-5-12(2)17(11-15)21(24)25/h5-11,13H,4H2,1-3H3,(H,20,22)/t13-/m1/s1. The first-order valence-corrected chi connectivity index (χ1v) is 8.17. The van der Waals surface area contributed by atoms with E-state index in [1.165, 1.54) is 19.1 Å². The molecule has 0 aliphatic heterocycles. The van der Waals surface area contributed by atoms with Crippen LogP contribution in [0.25, 0.3) is 0 Å². The lowest BCUT2D eigenvalue weighted by molar-refractivity contribution is -0.385. The van der Waals surface area contributed by atoms with Crippen LogP contribution in [0.1, 0.15) is 35.3 Å². The average molecular weight is 356 g/mol. The summed E-state index contributed by atoms with van der Waals surface area (Å²) in [6, 6.07) is 11.4. The maximum Gasteiger partial charge on any atom is 0.339 e. The predicted octanol–water partition coefficient (Wildman–Crippen LogP) is 3.65. The highest BCUT2D eigenvalue weighted by Crippen LogP contribution is 2.20. The van der Waals surface area contributed by atoms with Crippen molar-refractivity contribution in [3.63, 3.8) is 0 Å². The fourth-order valence-corrected chi connectivity index (χ4v) is 2.28. The van der Waals surface area contributed by atoms with E-state index in [9.17, 15) is 19.7 Å². The average Bonchev–Trinajstić information content (AvgIpc) is 2.62. The number of nitrogens with one attached hydrogen (secondary N) is 1. The molecule has 0 unspecified atom stereocenters. The minimum absolute atomic E-state index is 0.0225. The second-order valence-electron chi connectivity index (χ2n) is 5.85. The van der Waals surface area contributed by atoms with E-state index >= 15 is 0 Å². The van der Waals surface area contributed by atoms with Gasteiger partial charge in [-0.25, -0.2) is 4.79 Å². The van der Waals surface area contributed by atoms with Crippen LogP contribution < -0.4 is 5.32 Å². The van der Waals surface area contributed by atoms with Gasteiger partial charge in [-0.3, -0.25) is 14.9 Å². The predicted molar refractivity (Wildman–Crippen MR) is 97.2 cm³/mol. The van der Waals surface area contributed by atoms with Crippen LogP contribution in [0.4, 0.5) is 11.4 Å². The second-order valence-corrected chi connectivity index (χ2v) is 5.85. The molecule has 136 valence electrons. The van der Waals surface area contributed by atoms with Crippen LogP contribution in [0.3, 0.4) is 0 Å². The molecule has 0 fully saturated rings. The summed E-state index contributed by atoms with van der Waals surface area (Å²) in [5, 5.41) is 13.6. The van der Waals surface area contributed by atoms with Gasteiger partial charge < -0.3 is 10.1 Å². The SMILES string of the molecule is CCc1ccc(NC(=O)[C@@H](C)OC(=O)c2ccc(C)c([N+](=O)[O-])c2)cc1. The van der Waals surface area contributed by atoms with Crippen LogP contribution in [0, 0.1) is 17.0 Å². The van der Waals surface area contributed by atoms with Crippen LogP contribution in [-0.2, 0) is 16.0 Å². The minimum Gasteiger partial charge on any atom is -0.449 e. The number of nitrogens with zero attached hydrogens (tertiary/aromatic N) is 1. The van der Waals surface area contributed by atoms with E-state index in [2.05, 4.69) is 5.32 Å².